The van der Waals surface area contributed by atoms with E-state index in [1.54, 1.807) is 7.11 Å². The zero-order valence-corrected chi connectivity index (χ0v) is 12.4. The van der Waals surface area contributed by atoms with Gasteiger partial charge in [0.25, 0.3) is 0 Å². The largest absolute Gasteiger partial charge is 0.407 e. The summed E-state index contributed by atoms with van der Waals surface area (Å²) in [6, 6.07) is 0.528. The standard InChI is InChI=1S/C14H26N4O2/c1-19-10-9-15-11-13-17-18-14(20-13)16-8-4-7-12-5-2-3-6-12/h12,15H,2-11H2,1H3,(H,16,18). The summed E-state index contributed by atoms with van der Waals surface area (Å²) in [6.07, 6.45) is 8.15. The van der Waals surface area contributed by atoms with E-state index in [2.05, 4.69) is 20.8 Å². The van der Waals surface area contributed by atoms with Gasteiger partial charge in [0, 0.05) is 20.2 Å². The van der Waals surface area contributed by atoms with Crippen LogP contribution in [-0.4, -0.2) is 37.0 Å². The van der Waals surface area contributed by atoms with Crippen LogP contribution in [0, 0.1) is 5.92 Å². The highest BCUT2D eigenvalue weighted by Gasteiger charge is 2.14. The Kier molecular flexibility index (Phi) is 6.80. The van der Waals surface area contributed by atoms with Crippen LogP contribution in [0.4, 0.5) is 6.01 Å². The summed E-state index contributed by atoms with van der Waals surface area (Å²) in [5.41, 5.74) is 0. The average molecular weight is 282 g/mol. The Morgan fingerprint density at radius 1 is 1.25 bits per heavy atom. The Bertz CT molecular complexity index is 364. The molecule has 0 aliphatic heterocycles. The molecule has 1 fully saturated rings. The second-order valence-electron chi connectivity index (χ2n) is 5.39. The van der Waals surface area contributed by atoms with Gasteiger partial charge in [0.2, 0.25) is 5.89 Å². The molecule has 0 unspecified atom stereocenters. The van der Waals surface area contributed by atoms with Gasteiger partial charge in [0.05, 0.1) is 13.2 Å². The molecule has 20 heavy (non-hydrogen) atoms. The quantitative estimate of drug-likeness (QED) is 0.641. The Hall–Kier alpha value is -1.14. The van der Waals surface area contributed by atoms with Gasteiger partial charge in [-0.3, -0.25) is 0 Å². The third-order valence-electron chi connectivity index (χ3n) is 3.77. The van der Waals surface area contributed by atoms with Gasteiger partial charge in [-0.05, 0) is 18.8 Å². The SMILES string of the molecule is COCCNCc1nnc(NCCCC2CCCC2)o1. The van der Waals surface area contributed by atoms with E-state index >= 15 is 0 Å². The number of aromatic nitrogens is 2. The Morgan fingerprint density at radius 3 is 2.90 bits per heavy atom. The van der Waals surface area contributed by atoms with Crippen LogP contribution >= 0.6 is 0 Å². The molecule has 0 amide bonds. The second kappa shape index (κ2) is 8.92. The van der Waals surface area contributed by atoms with Gasteiger partial charge in [0.15, 0.2) is 0 Å². The summed E-state index contributed by atoms with van der Waals surface area (Å²) in [7, 11) is 1.68. The van der Waals surface area contributed by atoms with Crippen LogP contribution < -0.4 is 10.6 Å². The molecular formula is C14H26N4O2. The van der Waals surface area contributed by atoms with Crippen LogP contribution in [0.15, 0.2) is 4.42 Å². The lowest BCUT2D eigenvalue weighted by Crippen LogP contribution is -2.18. The van der Waals surface area contributed by atoms with E-state index in [1.807, 2.05) is 0 Å². The van der Waals surface area contributed by atoms with Gasteiger partial charge in [-0.15, -0.1) is 5.10 Å². The predicted molar refractivity (Wildman–Crippen MR) is 77.6 cm³/mol. The lowest BCUT2D eigenvalue weighted by molar-refractivity contribution is 0.198. The van der Waals surface area contributed by atoms with Crippen LogP contribution in [-0.2, 0) is 11.3 Å². The number of nitrogens with one attached hydrogen (secondary N) is 2. The first-order valence-electron chi connectivity index (χ1n) is 7.64. The molecule has 6 heteroatoms. The molecule has 0 aromatic carbocycles. The fourth-order valence-electron chi connectivity index (χ4n) is 2.65. The minimum atomic E-state index is 0.528. The first-order chi connectivity index (χ1) is 9.88. The normalized spacial score (nSPS) is 15.8. The van der Waals surface area contributed by atoms with E-state index in [0.717, 1.165) is 19.0 Å². The summed E-state index contributed by atoms with van der Waals surface area (Å²) < 4.78 is 10.5. The highest BCUT2D eigenvalue weighted by Crippen LogP contribution is 2.28. The van der Waals surface area contributed by atoms with Crippen molar-refractivity contribution in [1.29, 1.82) is 0 Å². The van der Waals surface area contributed by atoms with Crippen molar-refractivity contribution in [3.05, 3.63) is 5.89 Å². The van der Waals surface area contributed by atoms with E-state index < -0.39 is 0 Å². The van der Waals surface area contributed by atoms with Crippen molar-refractivity contribution in [2.45, 2.75) is 45.1 Å². The molecule has 6 nitrogen and oxygen atoms in total. The van der Waals surface area contributed by atoms with Crippen molar-refractivity contribution >= 4 is 6.01 Å². The molecule has 1 aliphatic carbocycles. The van der Waals surface area contributed by atoms with E-state index in [9.17, 15) is 0 Å². The van der Waals surface area contributed by atoms with Gasteiger partial charge < -0.3 is 19.8 Å². The third-order valence-corrected chi connectivity index (χ3v) is 3.77. The topological polar surface area (TPSA) is 72.2 Å². The fraction of sp³-hybridized carbons (Fsp3) is 0.857. The Morgan fingerprint density at radius 2 is 2.10 bits per heavy atom. The van der Waals surface area contributed by atoms with Crippen molar-refractivity contribution in [3.8, 4) is 0 Å². The molecule has 1 aromatic rings. The van der Waals surface area contributed by atoms with Crippen LogP contribution in [0.3, 0.4) is 0 Å². The summed E-state index contributed by atoms with van der Waals surface area (Å²) >= 11 is 0. The highest BCUT2D eigenvalue weighted by atomic mass is 16.5. The maximum atomic E-state index is 5.50. The van der Waals surface area contributed by atoms with Crippen LogP contribution in [0.5, 0.6) is 0 Å². The zero-order chi connectivity index (χ0) is 14.0. The average Bonchev–Trinajstić information content (AvgIpc) is 3.11. The minimum absolute atomic E-state index is 0.528. The molecule has 0 saturated heterocycles. The van der Waals surface area contributed by atoms with Gasteiger partial charge >= 0.3 is 6.01 Å². The fourth-order valence-corrected chi connectivity index (χ4v) is 2.65. The molecule has 1 heterocycles. The van der Waals surface area contributed by atoms with Gasteiger partial charge in [-0.2, -0.15) is 0 Å². The van der Waals surface area contributed by atoms with E-state index in [0.29, 0.717) is 25.1 Å². The van der Waals surface area contributed by atoms with Crippen molar-refractivity contribution in [2.24, 2.45) is 5.92 Å². The molecule has 1 aliphatic rings. The van der Waals surface area contributed by atoms with Gasteiger partial charge in [0.1, 0.15) is 0 Å². The van der Waals surface area contributed by atoms with Crippen molar-refractivity contribution < 1.29 is 9.15 Å². The number of anilines is 1. The lowest BCUT2D eigenvalue weighted by Gasteiger charge is -2.07. The van der Waals surface area contributed by atoms with E-state index in [-0.39, 0.29) is 0 Å². The van der Waals surface area contributed by atoms with Gasteiger partial charge in [-0.1, -0.05) is 30.8 Å². The molecule has 0 spiro atoms. The summed E-state index contributed by atoms with van der Waals surface area (Å²) in [5, 5.41) is 14.3. The molecule has 1 saturated carbocycles. The molecule has 114 valence electrons. The summed E-state index contributed by atoms with van der Waals surface area (Å²) in [5.74, 6) is 1.56. The molecule has 0 atom stereocenters. The zero-order valence-electron chi connectivity index (χ0n) is 12.4. The molecule has 0 radical (unpaired) electrons. The van der Waals surface area contributed by atoms with E-state index in [4.69, 9.17) is 9.15 Å². The molecule has 2 N–H and O–H groups in total. The third kappa shape index (κ3) is 5.46. The highest BCUT2D eigenvalue weighted by molar-refractivity contribution is 5.16. The minimum Gasteiger partial charge on any atom is -0.407 e. The molecule has 0 bridgehead atoms. The number of hydrogen-bond acceptors (Lipinski definition) is 6. The number of methoxy groups -OCH3 is 1. The summed E-state index contributed by atoms with van der Waals surface area (Å²) in [6.45, 7) is 2.96. The Labute approximate surface area is 120 Å². The van der Waals surface area contributed by atoms with Crippen molar-refractivity contribution in [3.63, 3.8) is 0 Å². The van der Waals surface area contributed by atoms with Crippen LogP contribution in [0.25, 0.3) is 0 Å². The maximum absolute atomic E-state index is 5.50. The van der Waals surface area contributed by atoms with Crippen LogP contribution in [0.2, 0.25) is 0 Å². The molecule has 2 rings (SSSR count). The molecule has 1 aromatic heterocycles. The van der Waals surface area contributed by atoms with Gasteiger partial charge in [-0.25, -0.2) is 0 Å². The number of nitrogens with zero attached hydrogens (tertiary/aromatic N) is 2. The van der Waals surface area contributed by atoms with Crippen molar-refractivity contribution in [1.82, 2.24) is 15.5 Å². The van der Waals surface area contributed by atoms with Crippen molar-refractivity contribution in [2.75, 3.05) is 32.1 Å². The van der Waals surface area contributed by atoms with E-state index in [1.165, 1.54) is 38.5 Å². The lowest BCUT2D eigenvalue weighted by atomic mass is 10.0. The monoisotopic (exact) mass is 282 g/mol. The van der Waals surface area contributed by atoms with Crippen LogP contribution in [0.1, 0.15) is 44.4 Å². The second-order valence-corrected chi connectivity index (χ2v) is 5.39. The number of rotatable bonds is 10. The number of hydrogen-bond donors (Lipinski definition) is 2. The Balaban J connectivity index is 1.55. The molecular weight excluding hydrogens is 256 g/mol. The predicted octanol–water partition coefficient (Wildman–Crippen LogP) is 2.19. The first-order valence-corrected chi connectivity index (χ1v) is 7.64. The first kappa shape index (κ1) is 15.3. The number of ether oxygens (including phenoxy) is 1. The smallest absolute Gasteiger partial charge is 0.315 e. The maximum Gasteiger partial charge on any atom is 0.315 e. The summed E-state index contributed by atoms with van der Waals surface area (Å²) in [4.78, 5) is 0.